The van der Waals surface area contributed by atoms with Gasteiger partial charge in [-0.15, -0.1) is 0 Å². The Balaban J connectivity index is 0.000000191. The lowest BCUT2D eigenvalue weighted by Crippen LogP contribution is -2.22. The molecule has 2 aliphatic carbocycles. The maximum atomic E-state index is 12.6. The molecule has 0 saturated heterocycles. The van der Waals surface area contributed by atoms with Crippen LogP contribution in [0, 0.1) is 49.4 Å². The average molecular weight is 787 g/mol. The van der Waals surface area contributed by atoms with Crippen molar-refractivity contribution < 1.29 is 9.47 Å². The van der Waals surface area contributed by atoms with Crippen LogP contribution in [-0.4, -0.2) is 29.1 Å². The van der Waals surface area contributed by atoms with Gasteiger partial charge in [-0.05, 0) is 106 Å². The van der Waals surface area contributed by atoms with Gasteiger partial charge in [0, 0.05) is 77.8 Å². The van der Waals surface area contributed by atoms with E-state index in [-0.39, 0.29) is 24.3 Å². The van der Waals surface area contributed by atoms with Crippen molar-refractivity contribution in [3.8, 4) is 35.2 Å². The first kappa shape index (κ1) is 41.8. The number of rotatable bonds is 11. The third kappa shape index (κ3) is 13.4. The zero-order valence-corrected chi connectivity index (χ0v) is 34.2. The Morgan fingerprint density at radius 1 is 0.593 bits per heavy atom. The SMILES string of the molecule is CC.Cc1cc(OCc2ncccn2)cc(=O)n1CCc1ccc(C#CC2CC2)cc1.Cc1cc(OCc2ncccn2)cc(=O)n1Cc1ccc(C#CC2CC2)cc1. The van der Waals surface area contributed by atoms with Gasteiger partial charge in [-0.3, -0.25) is 9.59 Å². The molecular formula is C49H50N6O4. The second-order valence-corrected chi connectivity index (χ2v) is 14.2. The summed E-state index contributed by atoms with van der Waals surface area (Å²) >= 11 is 0. The van der Waals surface area contributed by atoms with Crippen molar-refractivity contribution in [2.45, 2.75) is 86.1 Å². The first-order valence-corrected chi connectivity index (χ1v) is 20.3. The Bertz CT molecular complexity index is 2520. The van der Waals surface area contributed by atoms with E-state index in [2.05, 4.69) is 67.9 Å². The maximum Gasteiger partial charge on any atom is 0.254 e. The molecular weight excluding hydrogens is 737 g/mol. The minimum Gasteiger partial charge on any atom is -0.485 e. The average Bonchev–Trinajstić information content (AvgIpc) is 4.21. The molecule has 4 heterocycles. The van der Waals surface area contributed by atoms with E-state index in [1.165, 1.54) is 43.4 Å². The quantitative estimate of drug-likeness (QED) is 0.122. The molecule has 0 bridgehead atoms. The van der Waals surface area contributed by atoms with E-state index in [4.69, 9.17) is 9.47 Å². The van der Waals surface area contributed by atoms with E-state index in [1.54, 1.807) is 46.1 Å². The van der Waals surface area contributed by atoms with Gasteiger partial charge in [-0.1, -0.05) is 61.8 Å². The van der Waals surface area contributed by atoms with Crippen molar-refractivity contribution in [2.24, 2.45) is 11.8 Å². The van der Waals surface area contributed by atoms with Crippen LogP contribution in [0.1, 0.15) is 84.8 Å². The molecule has 0 aliphatic heterocycles. The Labute approximate surface area is 346 Å². The molecule has 6 aromatic rings. The van der Waals surface area contributed by atoms with Crippen LogP contribution in [0.2, 0.25) is 0 Å². The molecule has 0 N–H and O–H groups in total. The van der Waals surface area contributed by atoms with Gasteiger partial charge < -0.3 is 18.6 Å². The number of nitrogens with zero attached hydrogens (tertiary/aromatic N) is 6. The number of aryl methyl sites for hydroxylation is 3. The van der Waals surface area contributed by atoms with E-state index < -0.39 is 0 Å². The molecule has 300 valence electrons. The summed E-state index contributed by atoms with van der Waals surface area (Å²) in [6.45, 7) is 9.43. The van der Waals surface area contributed by atoms with Gasteiger partial charge in [0.1, 0.15) is 24.7 Å². The molecule has 0 spiro atoms. The van der Waals surface area contributed by atoms with Crippen molar-refractivity contribution in [1.29, 1.82) is 0 Å². The molecule has 2 aromatic carbocycles. The smallest absolute Gasteiger partial charge is 0.254 e. The first-order chi connectivity index (χ1) is 28.8. The van der Waals surface area contributed by atoms with E-state index in [0.717, 1.165) is 34.5 Å². The third-order valence-corrected chi connectivity index (χ3v) is 9.46. The molecule has 0 atom stereocenters. The summed E-state index contributed by atoms with van der Waals surface area (Å²) in [5, 5.41) is 0. The van der Waals surface area contributed by atoms with Crippen molar-refractivity contribution in [2.75, 3.05) is 0 Å². The highest BCUT2D eigenvalue weighted by atomic mass is 16.5. The molecule has 2 aliphatic rings. The Morgan fingerprint density at radius 3 is 1.44 bits per heavy atom. The summed E-state index contributed by atoms with van der Waals surface area (Å²) in [7, 11) is 0. The zero-order chi connectivity index (χ0) is 41.4. The fourth-order valence-electron chi connectivity index (χ4n) is 5.86. The van der Waals surface area contributed by atoms with Gasteiger partial charge in [0.2, 0.25) is 0 Å². The number of pyridine rings is 2. The molecule has 10 heteroatoms. The van der Waals surface area contributed by atoms with Crippen LogP contribution >= 0.6 is 0 Å². The van der Waals surface area contributed by atoms with Crippen molar-refractivity contribution >= 4 is 0 Å². The van der Waals surface area contributed by atoms with Crippen LogP contribution in [0.15, 0.2) is 119 Å². The fraction of sp³-hybridized carbons (Fsp3) is 0.306. The van der Waals surface area contributed by atoms with Gasteiger partial charge >= 0.3 is 0 Å². The molecule has 8 rings (SSSR count). The third-order valence-electron chi connectivity index (χ3n) is 9.46. The van der Waals surface area contributed by atoms with Crippen molar-refractivity contribution in [3.05, 3.63) is 176 Å². The second kappa shape index (κ2) is 21.1. The number of hydrogen-bond donors (Lipinski definition) is 0. The molecule has 2 saturated carbocycles. The number of benzene rings is 2. The number of ether oxygens (including phenoxy) is 2. The number of aromatic nitrogens is 6. The van der Waals surface area contributed by atoms with Crippen LogP contribution in [0.4, 0.5) is 0 Å². The maximum absolute atomic E-state index is 12.6. The van der Waals surface area contributed by atoms with Crippen LogP contribution in [0.25, 0.3) is 0 Å². The van der Waals surface area contributed by atoms with Crippen LogP contribution in [0.3, 0.4) is 0 Å². The lowest BCUT2D eigenvalue weighted by Gasteiger charge is -2.12. The minimum absolute atomic E-state index is 0.0686. The first-order valence-electron chi connectivity index (χ1n) is 20.3. The van der Waals surface area contributed by atoms with Crippen LogP contribution < -0.4 is 20.6 Å². The van der Waals surface area contributed by atoms with E-state index in [0.29, 0.717) is 48.1 Å². The topological polar surface area (TPSA) is 114 Å². The Morgan fingerprint density at radius 2 is 1.02 bits per heavy atom. The lowest BCUT2D eigenvalue weighted by molar-refractivity contribution is 0.294. The summed E-state index contributed by atoms with van der Waals surface area (Å²) < 4.78 is 14.9. The molecule has 59 heavy (non-hydrogen) atoms. The highest BCUT2D eigenvalue weighted by Crippen LogP contribution is 2.28. The summed E-state index contributed by atoms with van der Waals surface area (Å²) in [6.07, 6.45) is 12.4. The van der Waals surface area contributed by atoms with E-state index in [9.17, 15) is 9.59 Å². The highest BCUT2D eigenvalue weighted by Gasteiger charge is 2.18. The van der Waals surface area contributed by atoms with Crippen LogP contribution in [-0.2, 0) is 32.7 Å². The standard InChI is InChI=1S/C24H23N3O2.C23H21N3O2.C2H6/c1-18-15-22(29-17-23-25-12-2-13-26-23)16-24(28)27(18)14-11-21-9-7-20(8-10-21)6-5-19-3-4-19;1-17-13-21(28-16-22-24-11-2-12-25-22)14-23(27)26(17)15-20-9-7-19(8-10-20)6-5-18-3-4-18;1-2/h2,7-10,12-13,15-16,19H,3-4,11,14,17H2,1H3;2,7-14,18H,3-4,15-16H2,1H3;1-2H3. The highest BCUT2D eigenvalue weighted by molar-refractivity contribution is 5.38. The second-order valence-electron chi connectivity index (χ2n) is 14.2. The van der Waals surface area contributed by atoms with Crippen molar-refractivity contribution in [1.82, 2.24) is 29.1 Å². The van der Waals surface area contributed by atoms with Gasteiger partial charge in [0.25, 0.3) is 11.1 Å². The van der Waals surface area contributed by atoms with Crippen LogP contribution in [0.5, 0.6) is 11.5 Å². The molecule has 0 radical (unpaired) electrons. The minimum atomic E-state index is -0.0958. The Kier molecular flexibility index (Phi) is 15.0. The zero-order valence-electron chi connectivity index (χ0n) is 34.2. The largest absolute Gasteiger partial charge is 0.485 e. The fourth-order valence-corrected chi connectivity index (χ4v) is 5.86. The van der Waals surface area contributed by atoms with Crippen molar-refractivity contribution in [3.63, 3.8) is 0 Å². The molecule has 4 aromatic heterocycles. The lowest BCUT2D eigenvalue weighted by atomic mass is 10.1. The van der Waals surface area contributed by atoms with Gasteiger partial charge in [-0.25, -0.2) is 19.9 Å². The van der Waals surface area contributed by atoms with Gasteiger partial charge in [0.15, 0.2) is 11.6 Å². The summed E-state index contributed by atoms with van der Waals surface area (Å²) in [5.74, 6) is 16.4. The predicted octanol–water partition coefficient (Wildman–Crippen LogP) is 7.89. The number of hydrogen-bond acceptors (Lipinski definition) is 8. The van der Waals surface area contributed by atoms with E-state index >= 15 is 0 Å². The molecule has 0 unspecified atom stereocenters. The van der Waals surface area contributed by atoms with E-state index in [1.807, 2.05) is 64.1 Å². The summed E-state index contributed by atoms with van der Waals surface area (Å²) in [4.78, 5) is 41.6. The Hall–Kier alpha value is -6.78. The summed E-state index contributed by atoms with van der Waals surface area (Å²) in [6, 6.07) is 26.7. The van der Waals surface area contributed by atoms with Gasteiger partial charge in [0.05, 0.1) is 6.54 Å². The van der Waals surface area contributed by atoms with Gasteiger partial charge in [-0.2, -0.15) is 0 Å². The molecule has 2 fully saturated rings. The normalized spacial score (nSPS) is 12.5. The predicted molar refractivity (Wildman–Crippen MR) is 230 cm³/mol. The molecule has 0 amide bonds. The monoisotopic (exact) mass is 786 g/mol. The molecule has 10 nitrogen and oxygen atoms in total. The summed E-state index contributed by atoms with van der Waals surface area (Å²) in [5.41, 5.74) is 5.87.